The molecule has 0 atom stereocenters. The Bertz CT molecular complexity index is 1190. The van der Waals surface area contributed by atoms with Crippen molar-refractivity contribution in [3.05, 3.63) is 53.4 Å². The minimum absolute atomic E-state index is 0.0370. The number of aryl methyl sites for hydroxylation is 2. The molecule has 0 aromatic carbocycles. The van der Waals surface area contributed by atoms with Crippen LogP contribution in [0.4, 0.5) is 8.78 Å². The summed E-state index contributed by atoms with van der Waals surface area (Å²) in [5.41, 5.74) is 1.05. The van der Waals surface area contributed by atoms with E-state index in [0.717, 1.165) is 10.8 Å². The Kier molecular flexibility index (Phi) is 9.97. The summed E-state index contributed by atoms with van der Waals surface area (Å²) < 4.78 is 36.3. The van der Waals surface area contributed by atoms with Crippen LogP contribution in [0.1, 0.15) is 0 Å². The fraction of sp³-hybridized carbons (Fsp3) is 0.222. The van der Waals surface area contributed by atoms with E-state index < -0.39 is 19.0 Å². The molecule has 0 spiro atoms. The molecule has 4 rings (SSSR count). The maximum absolute atomic E-state index is 13.3. The number of ether oxygens (including phenoxy) is 2. The molecule has 0 amide bonds. The fourth-order valence-corrected chi connectivity index (χ4v) is 2.77. The average molecular weight is 541 g/mol. The number of aromatic nitrogens is 8. The molecule has 16 heteroatoms. The SMILES string of the molecule is COc1c(-c2cnn(C)n2)ccnc1F.COc1c(B(O)O)ccnc1F.Cn1ncc(Br)n1. The molecule has 0 radical (unpaired) electrons. The van der Waals surface area contributed by atoms with Crippen LogP contribution >= 0.6 is 15.9 Å². The maximum atomic E-state index is 13.3. The second kappa shape index (κ2) is 12.7. The monoisotopic (exact) mass is 540 g/mol. The van der Waals surface area contributed by atoms with Crippen LogP contribution in [-0.4, -0.2) is 71.3 Å². The predicted molar refractivity (Wildman–Crippen MR) is 120 cm³/mol. The highest BCUT2D eigenvalue weighted by atomic mass is 79.9. The first kappa shape index (κ1) is 26.8. The van der Waals surface area contributed by atoms with Gasteiger partial charge in [-0.1, -0.05) is 0 Å². The molecule has 12 nitrogen and oxygen atoms in total. The lowest BCUT2D eigenvalue weighted by atomic mass is 9.80. The first-order chi connectivity index (χ1) is 16.2. The van der Waals surface area contributed by atoms with E-state index in [1.807, 2.05) is 0 Å². The van der Waals surface area contributed by atoms with Crippen LogP contribution in [0, 0.1) is 11.9 Å². The minimum Gasteiger partial charge on any atom is -0.492 e. The third kappa shape index (κ3) is 7.26. The molecule has 0 unspecified atom stereocenters. The van der Waals surface area contributed by atoms with E-state index in [1.54, 1.807) is 26.4 Å². The van der Waals surface area contributed by atoms with E-state index in [0.29, 0.717) is 11.3 Å². The third-order valence-corrected chi connectivity index (χ3v) is 4.25. The summed E-state index contributed by atoms with van der Waals surface area (Å²) in [7, 11) is 4.32. The topological polar surface area (TPSA) is 146 Å². The maximum Gasteiger partial charge on any atom is 0.492 e. The van der Waals surface area contributed by atoms with E-state index in [1.165, 1.54) is 42.3 Å². The first-order valence-corrected chi connectivity index (χ1v) is 10.1. The predicted octanol–water partition coefficient (Wildman–Crippen LogP) is 0.511. The van der Waals surface area contributed by atoms with Crippen LogP contribution in [0.15, 0.2) is 41.5 Å². The van der Waals surface area contributed by atoms with E-state index in [9.17, 15) is 8.78 Å². The van der Waals surface area contributed by atoms with Crippen molar-refractivity contribution in [1.29, 1.82) is 0 Å². The molecular weight excluding hydrogens is 521 g/mol. The highest BCUT2D eigenvalue weighted by Crippen LogP contribution is 2.28. The standard InChI is InChI=1S/C9H9FN4O.C6H7BFNO3.C3H4BrN3/c1-14-12-5-7(13-14)6-3-4-11-9(10)8(6)15-2;1-12-5-4(7(10)11)2-3-9-6(5)8;1-7-5-2-3(4)6-7/h3-5H,1-2H3;2-3,10-11H,1H3;2H,1H3. The van der Waals surface area contributed by atoms with Gasteiger partial charge in [0.1, 0.15) is 10.3 Å². The molecular formula is C18H20BBrF2N8O4. The lowest BCUT2D eigenvalue weighted by Gasteiger charge is -2.06. The number of pyridine rings is 2. The van der Waals surface area contributed by atoms with Crippen molar-refractivity contribution < 1.29 is 28.3 Å². The molecule has 0 bridgehead atoms. The Labute approximate surface area is 201 Å². The van der Waals surface area contributed by atoms with E-state index in [2.05, 4.69) is 51.0 Å². The van der Waals surface area contributed by atoms with Gasteiger partial charge in [-0.05, 0) is 28.1 Å². The highest BCUT2D eigenvalue weighted by molar-refractivity contribution is 9.10. The van der Waals surface area contributed by atoms with Crippen LogP contribution in [0.3, 0.4) is 0 Å². The number of hydrogen-bond donors (Lipinski definition) is 2. The van der Waals surface area contributed by atoms with Gasteiger partial charge >= 0.3 is 7.12 Å². The Morgan fingerprint density at radius 2 is 1.44 bits per heavy atom. The molecule has 0 fully saturated rings. The number of rotatable bonds is 4. The summed E-state index contributed by atoms with van der Waals surface area (Å²) >= 11 is 3.14. The highest BCUT2D eigenvalue weighted by Gasteiger charge is 2.20. The second-order valence-corrected chi connectivity index (χ2v) is 6.97. The van der Waals surface area contributed by atoms with Crippen LogP contribution in [0.2, 0.25) is 0 Å². The van der Waals surface area contributed by atoms with Crippen molar-refractivity contribution in [2.75, 3.05) is 14.2 Å². The number of hydrogen-bond acceptors (Lipinski definition) is 10. The average Bonchev–Trinajstić information content (AvgIpc) is 3.41. The lowest BCUT2D eigenvalue weighted by molar-refractivity contribution is 0.374. The molecule has 0 aliphatic carbocycles. The Morgan fingerprint density at radius 3 is 1.85 bits per heavy atom. The molecule has 4 aromatic rings. The van der Waals surface area contributed by atoms with Gasteiger partial charge in [0.2, 0.25) is 0 Å². The van der Waals surface area contributed by atoms with Gasteiger partial charge < -0.3 is 19.5 Å². The second-order valence-electron chi connectivity index (χ2n) is 6.16. The Hall–Kier alpha value is -3.50. The van der Waals surface area contributed by atoms with Crippen molar-refractivity contribution in [1.82, 2.24) is 40.0 Å². The summed E-state index contributed by atoms with van der Waals surface area (Å²) in [6, 6.07) is 2.90. The number of nitrogens with zero attached hydrogens (tertiary/aromatic N) is 8. The summed E-state index contributed by atoms with van der Waals surface area (Å²) in [6.45, 7) is 0. The molecule has 0 aliphatic heterocycles. The number of methoxy groups -OCH3 is 2. The fourth-order valence-electron chi connectivity index (χ4n) is 2.45. The van der Waals surface area contributed by atoms with Crippen LogP contribution in [0.25, 0.3) is 11.3 Å². The van der Waals surface area contributed by atoms with E-state index >= 15 is 0 Å². The zero-order chi connectivity index (χ0) is 25.3. The minimum atomic E-state index is -1.75. The van der Waals surface area contributed by atoms with Crippen LogP contribution in [0.5, 0.6) is 11.5 Å². The van der Waals surface area contributed by atoms with E-state index in [-0.39, 0.29) is 17.0 Å². The summed E-state index contributed by atoms with van der Waals surface area (Å²) in [4.78, 5) is 9.66. The molecule has 0 saturated heterocycles. The van der Waals surface area contributed by atoms with Gasteiger partial charge in [-0.15, -0.1) is 5.10 Å². The molecule has 0 saturated carbocycles. The molecule has 4 aromatic heterocycles. The van der Waals surface area contributed by atoms with Gasteiger partial charge in [0.15, 0.2) is 11.5 Å². The third-order valence-electron chi connectivity index (χ3n) is 3.89. The zero-order valence-corrected chi connectivity index (χ0v) is 20.0. The van der Waals surface area contributed by atoms with Crippen molar-refractivity contribution in [2.45, 2.75) is 0 Å². The molecule has 34 heavy (non-hydrogen) atoms. The van der Waals surface area contributed by atoms with Gasteiger partial charge in [0.05, 0.1) is 32.2 Å². The van der Waals surface area contributed by atoms with Gasteiger partial charge in [-0.25, -0.2) is 9.97 Å². The Balaban J connectivity index is 0.000000192. The summed E-state index contributed by atoms with van der Waals surface area (Å²) in [5.74, 6) is -1.67. The van der Waals surface area contributed by atoms with Gasteiger partial charge in [-0.2, -0.15) is 33.7 Å². The van der Waals surface area contributed by atoms with Crippen molar-refractivity contribution >= 4 is 28.5 Å². The molecule has 2 N–H and O–H groups in total. The molecule has 4 heterocycles. The van der Waals surface area contributed by atoms with Gasteiger partial charge in [-0.3, -0.25) is 0 Å². The zero-order valence-electron chi connectivity index (χ0n) is 18.5. The lowest BCUT2D eigenvalue weighted by Crippen LogP contribution is -2.32. The first-order valence-electron chi connectivity index (χ1n) is 9.29. The van der Waals surface area contributed by atoms with Crippen LogP contribution in [-0.2, 0) is 14.1 Å². The summed E-state index contributed by atoms with van der Waals surface area (Å²) in [5, 5.41) is 33.1. The van der Waals surface area contributed by atoms with Crippen molar-refractivity contribution in [3.63, 3.8) is 0 Å². The van der Waals surface area contributed by atoms with Crippen LogP contribution < -0.4 is 14.9 Å². The molecule has 180 valence electrons. The quantitative estimate of drug-likeness (QED) is 0.277. The van der Waals surface area contributed by atoms with Crippen molar-refractivity contribution in [3.8, 4) is 22.8 Å². The van der Waals surface area contributed by atoms with Gasteiger partial charge in [0, 0.05) is 32.0 Å². The van der Waals surface area contributed by atoms with E-state index in [4.69, 9.17) is 14.8 Å². The molecule has 0 aliphatic rings. The smallest absolute Gasteiger partial charge is 0.492 e. The largest absolute Gasteiger partial charge is 0.492 e. The van der Waals surface area contributed by atoms with Crippen molar-refractivity contribution in [2.24, 2.45) is 14.1 Å². The summed E-state index contributed by atoms with van der Waals surface area (Å²) in [6.07, 6.45) is 5.67. The Morgan fingerprint density at radius 1 is 0.882 bits per heavy atom. The van der Waals surface area contributed by atoms with Gasteiger partial charge in [0.25, 0.3) is 11.9 Å². The number of halogens is 3. The normalized spacial score (nSPS) is 9.91.